The highest BCUT2D eigenvalue weighted by Crippen LogP contribution is 2.32. The summed E-state index contributed by atoms with van der Waals surface area (Å²) >= 11 is 0. The standard InChI is InChI=1S/C29H32FN9/c30-24-17-21(11-12-25(24)38-15-14-37-13-4-3-9-22(37)18-38)32-29-33-28(31)39(36-29)26-16-20-8-5-7-19-6-1-2-10-23(19)27(20)35-34-26/h1-2,6,10-12,16-17,22H,3-5,7-9,13-15,18H2,(H3,31,32,33,36). The molecule has 39 heavy (non-hydrogen) atoms. The molecule has 3 N–H and O–H groups in total. The smallest absolute Gasteiger partial charge is 0.248 e. The second-order valence-electron chi connectivity index (χ2n) is 10.7. The lowest BCUT2D eigenvalue weighted by Crippen LogP contribution is -2.55. The summed E-state index contributed by atoms with van der Waals surface area (Å²) in [4.78, 5) is 9.07. The number of anilines is 4. The second-order valence-corrected chi connectivity index (χ2v) is 10.7. The Morgan fingerprint density at radius 1 is 0.923 bits per heavy atom. The molecule has 0 spiro atoms. The molecule has 0 bridgehead atoms. The Kier molecular flexibility index (Phi) is 6.11. The van der Waals surface area contributed by atoms with E-state index in [-0.39, 0.29) is 17.7 Å². The first-order chi connectivity index (χ1) is 19.1. The molecule has 4 heterocycles. The molecule has 1 unspecified atom stereocenters. The number of nitrogens with one attached hydrogen (secondary N) is 1. The van der Waals surface area contributed by atoms with Gasteiger partial charge in [-0.15, -0.1) is 15.3 Å². The Bertz CT molecular complexity index is 1520. The summed E-state index contributed by atoms with van der Waals surface area (Å²) in [6, 6.07) is 16.1. The molecule has 0 radical (unpaired) electrons. The number of nitrogen functional groups attached to an aromatic ring is 1. The lowest BCUT2D eigenvalue weighted by molar-refractivity contribution is 0.133. The molecule has 1 atom stereocenters. The monoisotopic (exact) mass is 525 g/mol. The van der Waals surface area contributed by atoms with Gasteiger partial charge in [-0.25, -0.2) is 4.39 Å². The molecule has 2 aromatic carbocycles. The number of piperidine rings is 1. The van der Waals surface area contributed by atoms with Crippen molar-refractivity contribution in [1.29, 1.82) is 0 Å². The average molecular weight is 526 g/mol. The number of aryl methyl sites for hydroxylation is 2. The van der Waals surface area contributed by atoms with Crippen LogP contribution in [0.2, 0.25) is 0 Å². The van der Waals surface area contributed by atoms with Gasteiger partial charge in [0.25, 0.3) is 0 Å². The maximum Gasteiger partial charge on any atom is 0.248 e. The Labute approximate surface area is 226 Å². The predicted molar refractivity (Wildman–Crippen MR) is 150 cm³/mol. The molecule has 0 amide bonds. The maximum atomic E-state index is 15.2. The zero-order valence-electron chi connectivity index (χ0n) is 21.9. The van der Waals surface area contributed by atoms with E-state index in [1.165, 1.54) is 35.6 Å². The molecule has 4 aromatic rings. The third-order valence-corrected chi connectivity index (χ3v) is 8.26. The molecule has 2 fully saturated rings. The zero-order valence-corrected chi connectivity index (χ0v) is 21.9. The van der Waals surface area contributed by atoms with E-state index in [4.69, 9.17) is 5.73 Å². The summed E-state index contributed by atoms with van der Waals surface area (Å²) in [5, 5.41) is 16.6. The van der Waals surface area contributed by atoms with E-state index < -0.39 is 0 Å². The number of hydrogen-bond acceptors (Lipinski definition) is 8. The number of aromatic nitrogens is 5. The van der Waals surface area contributed by atoms with Gasteiger partial charge < -0.3 is 16.0 Å². The van der Waals surface area contributed by atoms with Crippen molar-refractivity contribution in [3.05, 3.63) is 65.5 Å². The van der Waals surface area contributed by atoms with Gasteiger partial charge >= 0.3 is 0 Å². The first-order valence-electron chi connectivity index (χ1n) is 13.9. The Balaban J connectivity index is 1.10. The van der Waals surface area contributed by atoms with Crippen LogP contribution in [-0.4, -0.2) is 62.1 Å². The number of piperazine rings is 1. The van der Waals surface area contributed by atoms with E-state index in [1.807, 2.05) is 24.3 Å². The summed E-state index contributed by atoms with van der Waals surface area (Å²) in [5.41, 5.74) is 11.9. The van der Waals surface area contributed by atoms with Crippen LogP contribution in [0.15, 0.2) is 48.5 Å². The van der Waals surface area contributed by atoms with E-state index in [0.29, 0.717) is 23.2 Å². The van der Waals surface area contributed by atoms with Crippen LogP contribution in [0.4, 0.5) is 27.7 Å². The minimum atomic E-state index is -0.256. The van der Waals surface area contributed by atoms with Crippen LogP contribution in [0, 0.1) is 5.82 Å². The lowest BCUT2D eigenvalue weighted by Gasteiger charge is -2.45. The van der Waals surface area contributed by atoms with Gasteiger partial charge in [0.05, 0.1) is 11.4 Å². The Morgan fingerprint density at radius 3 is 2.74 bits per heavy atom. The number of hydrogen-bond donors (Lipinski definition) is 2. The van der Waals surface area contributed by atoms with Crippen molar-refractivity contribution in [3.8, 4) is 17.1 Å². The van der Waals surface area contributed by atoms with Gasteiger partial charge in [-0.2, -0.15) is 9.67 Å². The third-order valence-electron chi connectivity index (χ3n) is 8.26. The average Bonchev–Trinajstić information content (AvgIpc) is 3.21. The third kappa shape index (κ3) is 4.58. The number of nitrogens with two attached hydrogens (primary N) is 1. The van der Waals surface area contributed by atoms with Gasteiger partial charge in [0.15, 0.2) is 5.82 Å². The minimum Gasteiger partial charge on any atom is -0.368 e. The van der Waals surface area contributed by atoms with E-state index in [2.05, 4.69) is 53.6 Å². The topological polar surface area (TPSA) is 101 Å². The van der Waals surface area contributed by atoms with Crippen LogP contribution >= 0.6 is 0 Å². The number of nitrogens with zero attached hydrogens (tertiary/aromatic N) is 7. The molecular formula is C29H32FN9. The second kappa shape index (κ2) is 9.92. The van der Waals surface area contributed by atoms with E-state index in [9.17, 15) is 0 Å². The van der Waals surface area contributed by atoms with Gasteiger partial charge in [-0.05, 0) is 74.0 Å². The predicted octanol–water partition coefficient (Wildman–Crippen LogP) is 4.35. The quantitative estimate of drug-likeness (QED) is 0.406. The van der Waals surface area contributed by atoms with Gasteiger partial charge in [0.2, 0.25) is 11.9 Å². The van der Waals surface area contributed by atoms with Crippen molar-refractivity contribution >= 4 is 23.3 Å². The largest absolute Gasteiger partial charge is 0.368 e. The van der Waals surface area contributed by atoms with Crippen molar-refractivity contribution in [2.45, 2.75) is 44.6 Å². The molecule has 7 rings (SSSR count). The first kappa shape index (κ1) is 24.0. The van der Waals surface area contributed by atoms with Gasteiger partial charge in [-0.3, -0.25) is 4.90 Å². The number of benzene rings is 2. The fourth-order valence-electron chi connectivity index (χ4n) is 6.27. The minimum absolute atomic E-state index is 0.184. The lowest BCUT2D eigenvalue weighted by atomic mass is 9.99. The van der Waals surface area contributed by atoms with Crippen LogP contribution in [-0.2, 0) is 12.8 Å². The van der Waals surface area contributed by atoms with Crippen molar-refractivity contribution in [2.75, 3.05) is 42.1 Å². The first-order valence-corrected chi connectivity index (χ1v) is 13.9. The van der Waals surface area contributed by atoms with E-state index in [1.54, 1.807) is 0 Å². The molecule has 2 aliphatic heterocycles. The highest BCUT2D eigenvalue weighted by Gasteiger charge is 2.30. The molecule has 10 heteroatoms. The Morgan fingerprint density at radius 2 is 1.82 bits per heavy atom. The number of rotatable bonds is 4. The van der Waals surface area contributed by atoms with E-state index >= 15 is 4.39 Å². The van der Waals surface area contributed by atoms with Crippen molar-refractivity contribution in [3.63, 3.8) is 0 Å². The zero-order chi connectivity index (χ0) is 26.3. The SMILES string of the molecule is Nc1nc(Nc2ccc(N3CCN4CCCCC4C3)c(F)c2)nn1-c1cc2c(nn1)-c1ccccc1CCC2. The molecular weight excluding hydrogens is 493 g/mol. The van der Waals surface area contributed by atoms with Crippen LogP contribution in [0.1, 0.15) is 36.8 Å². The van der Waals surface area contributed by atoms with Gasteiger partial charge in [0.1, 0.15) is 5.82 Å². The van der Waals surface area contributed by atoms with Crippen LogP contribution in [0.3, 0.4) is 0 Å². The summed E-state index contributed by atoms with van der Waals surface area (Å²) in [7, 11) is 0. The molecule has 3 aliphatic rings. The number of fused-ring (bicyclic) bond motifs is 4. The normalized spacial score (nSPS) is 19.1. The van der Waals surface area contributed by atoms with Crippen molar-refractivity contribution in [1.82, 2.24) is 29.9 Å². The highest BCUT2D eigenvalue weighted by molar-refractivity contribution is 5.68. The highest BCUT2D eigenvalue weighted by atomic mass is 19.1. The molecule has 2 saturated heterocycles. The number of halogens is 1. The van der Waals surface area contributed by atoms with Gasteiger partial charge in [0, 0.05) is 36.9 Å². The molecule has 1 aliphatic carbocycles. The van der Waals surface area contributed by atoms with Crippen molar-refractivity contribution in [2.24, 2.45) is 0 Å². The fourth-order valence-corrected chi connectivity index (χ4v) is 6.27. The summed E-state index contributed by atoms with van der Waals surface area (Å²) < 4.78 is 16.7. The summed E-state index contributed by atoms with van der Waals surface area (Å²) in [6.07, 6.45) is 6.66. The fraction of sp³-hybridized carbons (Fsp3) is 0.379. The molecule has 200 valence electrons. The van der Waals surface area contributed by atoms with Gasteiger partial charge in [-0.1, -0.05) is 30.7 Å². The molecule has 2 aromatic heterocycles. The van der Waals surface area contributed by atoms with Crippen LogP contribution < -0.4 is 16.0 Å². The van der Waals surface area contributed by atoms with Crippen LogP contribution in [0.5, 0.6) is 0 Å². The van der Waals surface area contributed by atoms with Crippen molar-refractivity contribution < 1.29 is 4.39 Å². The molecule has 0 saturated carbocycles. The van der Waals surface area contributed by atoms with Crippen LogP contribution in [0.25, 0.3) is 17.1 Å². The van der Waals surface area contributed by atoms with E-state index in [0.717, 1.165) is 62.3 Å². The molecule has 9 nitrogen and oxygen atoms in total. The Hall–Kier alpha value is -4.05. The summed E-state index contributed by atoms with van der Waals surface area (Å²) in [5.74, 6) is 0.712. The maximum absolute atomic E-state index is 15.2. The summed E-state index contributed by atoms with van der Waals surface area (Å²) in [6.45, 7) is 3.87.